The molecule has 14 heteroatoms. The van der Waals surface area contributed by atoms with E-state index in [1.54, 1.807) is 0 Å². The molecule has 0 aliphatic carbocycles. The van der Waals surface area contributed by atoms with Crippen LogP contribution < -0.4 is 4.90 Å². The Bertz CT molecular complexity index is 600. The Morgan fingerprint density at radius 1 is 0.750 bits per heavy atom. The average molecular weight is 464 g/mol. The number of hydrogen-bond acceptors (Lipinski definition) is 4. The summed E-state index contributed by atoms with van der Waals surface area (Å²) in [7, 11) is -13.4. The highest BCUT2D eigenvalue weighted by molar-refractivity contribution is 8.13. The van der Waals surface area contributed by atoms with Crippen LogP contribution in [0, 0.1) is 0 Å². The van der Waals surface area contributed by atoms with Gasteiger partial charge in [-0.3, -0.25) is 0 Å². The molecule has 0 unspecified atom stereocenters. The van der Waals surface area contributed by atoms with E-state index in [4.69, 9.17) is 0 Å². The lowest BCUT2D eigenvalue weighted by Crippen LogP contribution is -3.09. The molecular formula is C14H26F6N2O4S2. The second-order valence-electron chi connectivity index (χ2n) is 6.39. The fourth-order valence-electron chi connectivity index (χ4n) is 2.49. The molecular weight excluding hydrogens is 438 g/mol. The molecule has 0 atom stereocenters. The van der Waals surface area contributed by atoms with Crippen molar-refractivity contribution in [3.63, 3.8) is 0 Å². The van der Waals surface area contributed by atoms with Crippen molar-refractivity contribution in [3.05, 3.63) is 4.13 Å². The number of nitrogens with one attached hydrogen (secondary N) is 1. The Balaban J connectivity index is 0.000000525. The third-order valence-electron chi connectivity index (χ3n) is 3.98. The minimum absolute atomic E-state index is 0.778. The van der Waals surface area contributed by atoms with Gasteiger partial charge in [0.25, 0.3) is 0 Å². The first kappa shape index (κ1) is 27.4. The molecule has 1 N–H and O–H groups in total. The predicted octanol–water partition coefficient (Wildman–Crippen LogP) is 3.08. The summed E-state index contributed by atoms with van der Waals surface area (Å²) in [6, 6.07) is 0. The minimum atomic E-state index is -6.72. The summed E-state index contributed by atoms with van der Waals surface area (Å²) in [5.41, 5.74) is -12.4. The Kier molecular flexibility index (Phi) is 11.3. The highest BCUT2D eigenvalue weighted by Crippen LogP contribution is 2.36. The molecule has 0 spiro atoms. The quantitative estimate of drug-likeness (QED) is 0.420. The van der Waals surface area contributed by atoms with Gasteiger partial charge in [0.1, 0.15) is 0 Å². The molecule has 0 bridgehead atoms. The number of quaternary nitrogens is 1. The van der Waals surface area contributed by atoms with Gasteiger partial charge in [-0.1, -0.05) is 32.6 Å². The van der Waals surface area contributed by atoms with E-state index in [1.165, 1.54) is 71.0 Å². The monoisotopic (exact) mass is 464 g/mol. The largest absolute Gasteiger partial charge is 0.480 e. The van der Waals surface area contributed by atoms with E-state index >= 15 is 0 Å². The summed E-state index contributed by atoms with van der Waals surface area (Å²) in [6.45, 7) is 6.64. The molecule has 1 aliphatic heterocycles. The zero-order valence-electron chi connectivity index (χ0n) is 15.4. The standard InChI is InChI=1S/C12H25N.C2F6NO4S2/c1-2-3-4-5-6-7-10-13-11-8-9-12-13;3-1(4,5)14(10,11)9-15(12,13)2(6,7)8/h2-12H2,1H3;/q;-1/p+1. The van der Waals surface area contributed by atoms with Crippen LogP contribution in [-0.4, -0.2) is 47.5 Å². The van der Waals surface area contributed by atoms with Crippen molar-refractivity contribution < 1.29 is 48.1 Å². The molecule has 6 nitrogen and oxygen atoms in total. The lowest BCUT2D eigenvalue weighted by Gasteiger charge is -2.22. The molecule has 0 aromatic carbocycles. The number of rotatable bonds is 9. The van der Waals surface area contributed by atoms with E-state index in [2.05, 4.69) is 6.92 Å². The number of nitrogens with zero attached hydrogens (tertiary/aromatic N) is 1. The van der Waals surface area contributed by atoms with Crippen molar-refractivity contribution in [3.8, 4) is 0 Å². The number of alkyl halides is 6. The van der Waals surface area contributed by atoms with Gasteiger partial charge in [-0.15, -0.1) is 0 Å². The number of sulfonamides is 2. The Morgan fingerprint density at radius 3 is 1.54 bits per heavy atom. The van der Waals surface area contributed by atoms with Gasteiger partial charge < -0.3 is 9.03 Å². The number of likely N-dealkylation sites (tertiary alicyclic amines) is 1. The molecule has 170 valence electrons. The number of unbranched alkanes of at least 4 members (excludes halogenated alkanes) is 5. The van der Waals surface area contributed by atoms with Crippen molar-refractivity contribution in [2.75, 3.05) is 19.6 Å². The van der Waals surface area contributed by atoms with Gasteiger partial charge in [0.05, 0.1) is 19.6 Å². The van der Waals surface area contributed by atoms with E-state index in [1.807, 2.05) is 4.90 Å². The van der Waals surface area contributed by atoms with Gasteiger partial charge in [-0.2, -0.15) is 26.3 Å². The second kappa shape index (κ2) is 11.6. The molecule has 28 heavy (non-hydrogen) atoms. The van der Waals surface area contributed by atoms with Crippen LogP contribution in [-0.2, 0) is 20.0 Å². The summed E-state index contributed by atoms with van der Waals surface area (Å²) in [4.78, 5) is 1.87. The van der Waals surface area contributed by atoms with E-state index in [-0.39, 0.29) is 0 Å². The SMILES string of the molecule is CCCCCCCC[NH+]1CCCC1.O=S(=O)([N-]S(=O)(=O)C(F)(F)F)C(F)(F)F. The summed E-state index contributed by atoms with van der Waals surface area (Å²) in [5, 5.41) is 0. The minimum Gasteiger partial charge on any atom is -0.421 e. The lowest BCUT2D eigenvalue weighted by atomic mass is 10.1. The number of halogens is 6. The molecule has 0 radical (unpaired) electrons. The molecule has 0 aromatic rings. The maximum atomic E-state index is 11.4. The van der Waals surface area contributed by atoms with E-state index in [0.717, 1.165) is 4.13 Å². The summed E-state index contributed by atoms with van der Waals surface area (Å²) >= 11 is 0. The highest BCUT2D eigenvalue weighted by atomic mass is 32.3. The smallest absolute Gasteiger partial charge is 0.421 e. The first-order valence-electron chi connectivity index (χ1n) is 8.84. The summed E-state index contributed by atoms with van der Waals surface area (Å²) in [6.07, 6.45) is 11.7. The van der Waals surface area contributed by atoms with Gasteiger partial charge in [0, 0.05) is 12.8 Å². The molecule has 0 saturated carbocycles. The van der Waals surface area contributed by atoms with Crippen LogP contribution >= 0.6 is 0 Å². The van der Waals surface area contributed by atoms with Crippen LogP contribution in [0.15, 0.2) is 0 Å². The second-order valence-corrected chi connectivity index (χ2v) is 9.81. The van der Waals surface area contributed by atoms with Gasteiger partial charge in [-0.25, -0.2) is 16.8 Å². The van der Waals surface area contributed by atoms with Crippen molar-refractivity contribution in [2.45, 2.75) is 69.3 Å². The van der Waals surface area contributed by atoms with Crippen LogP contribution in [0.5, 0.6) is 0 Å². The normalized spacial score (nSPS) is 16.7. The molecule has 1 aliphatic rings. The summed E-state index contributed by atoms with van der Waals surface area (Å²) < 4.78 is 109. The molecule has 0 aromatic heterocycles. The maximum Gasteiger partial charge on any atom is 0.480 e. The summed E-state index contributed by atoms with van der Waals surface area (Å²) in [5.74, 6) is 0. The number of hydrogen-bond donors (Lipinski definition) is 1. The molecule has 1 heterocycles. The van der Waals surface area contributed by atoms with Crippen LogP contribution in [0.3, 0.4) is 0 Å². The third-order valence-corrected chi connectivity index (χ3v) is 6.72. The zero-order chi connectivity index (χ0) is 22.1. The van der Waals surface area contributed by atoms with E-state index in [9.17, 15) is 43.2 Å². The topological polar surface area (TPSA) is 86.8 Å². The first-order chi connectivity index (χ1) is 12.6. The van der Waals surface area contributed by atoms with E-state index < -0.39 is 31.1 Å². The van der Waals surface area contributed by atoms with Gasteiger partial charge in [0.2, 0.25) is 0 Å². The zero-order valence-corrected chi connectivity index (χ0v) is 17.1. The van der Waals surface area contributed by atoms with E-state index in [0.29, 0.717) is 0 Å². The molecule has 0 amide bonds. The van der Waals surface area contributed by atoms with Crippen LogP contribution in [0.2, 0.25) is 0 Å². The Labute approximate surface area is 161 Å². The fourth-order valence-corrected chi connectivity index (χ4v) is 4.20. The molecule has 1 rings (SSSR count). The highest BCUT2D eigenvalue weighted by Gasteiger charge is 2.46. The molecule has 1 fully saturated rings. The maximum absolute atomic E-state index is 11.4. The van der Waals surface area contributed by atoms with Crippen molar-refractivity contribution >= 4 is 20.0 Å². The lowest BCUT2D eigenvalue weighted by molar-refractivity contribution is -0.887. The first-order valence-corrected chi connectivity index (χ1v) is 11.7. The van der Waals surface area contributed by atoms with Gasteiger partial charge in [-0.05, 0) is 12.8 Å². The van der Waals surface area contributed by atoms with Crippen LogP contribution in [0.4, 0.5) is 26.3 Å². The molecule has 1 saturated heterocycles. The van der Waals surface area contributed by atoms with Crippen LogP contribution in [0.25, 0.3) is 4.13 Å². The average Bonchev–Trinajstić information content (AvgIpc) is 3.01. The third kappa shape index (κ3) is 10.3. The van der Waals surface area contributed by atoms with Crippen molar-refractivity contribution in [1.82, 2.24) is 0 Å². The Hall–Kier alpha value is -0.600. The van der Waals surface area contributed by atoms with Crippen molar-refractivity contribution in [2.24, 2.45) is 0 Å². The van der Waals surface area contributed by atoms with Crippen LogP contribution in [0.1, 0.15) is 58.3 Å². The fraction of sp³-hybridized carbons (Fsp3) is 1.00. The predicted molar refractivity (Wildman–Crippen MR) is 91.5 cm³/mol. The van der Waals surface area contributed by atoms with Crippen molar-refractivity contribution in [1.29, 1.82) is 0 Å². The van der Waals surface area contributed by atoms with Gasteiger partial charge >= 0.3 is 11.0 Å². The van der Waals surface area contributed by atoms with Gasteiger partial charge in [0.15, 0.2) is 20.0 Å². The Morgan fingerprint density at radius 2 is 1.14 bits per heavy atom.